The molecule has 0 saturated carbocycles. The number of para-hydroxylation sites is 1. The average Bonchev–Trinajstić information content (AvgIpc) is 2.95. The van der Waals surface area contributed by atoms with Crippen LogP contribution in [0.5, 0.6) is 5.75 Å². The molecule has 0 spiro atoms. The monoisotopic (exact) mass is 274 g/mol. The van der Waals surface area contributed by atoms with Crippen molar-refractivity contribution in [1.29, 1.82) is 0 Å². The minimum Gasteiger partial charge on any atom is -0.493 e. The molecule has 0 radical (unpaired) electrons. The fraction of sp³-hybridized carbons (Fsp3) is 0.375. The highest BCUT2D eigenvalue weighted by Gasteiger charge is 2.29. The molecule has 19 heavy (non-hydrogen) atoms. The van der Waals surface area contributed by atoms with E-state index in [-0.39, 0.29) is 5.92 Å². The number of hydrogen-bond acceptors (Lipinski definition) is 3. The van der Waals surface area contributed by atoms with Gasteiger partial charge in [0.05, 0.1) is 12.7 Å². The van der Waals surface area contributed by atoms with Crippen LogP contribution in [-0.4, -0.2) is 11.7 Å². The predicted octanol–water partition coefficient (Wildman–Crippen LogP) is 3.91. The predicted molar refractivity (Wildman–Crippen MR) is 78.0 cm³/mol. The molecular weight excluding hydrogens is 256 g/mol. The van der Waals surface area contributed by atoms with Crippen molar-refractivity contribution in [2.45, 2.75) is 31.8 Å². The lowest BCUT2D eigenvalue weighted by molar-refractivity contribution is 0.120. The quantitative estimate of drug-likeness (QED) is 0.919. The van der Waals surface area contributed by atoms with Crippen LogP contribution >= 0.6 is 11.3 Å². The zero-order chi connectivity index (χ0) is 13.2. The molecule has 1 N–H and O–H groups in total. The van der Waals surface area contributed by atoms with Gasteiger partial charge in [0, 0.05) is 21.2 Å². The van der Waals surface area contributed by atoms with Crippen molar-refractivity contribution in [1.82, 2.24) is 0 Å². The molecule has 2 aromatic rings. The van der Waals surface area contributed by atoms with Gasteiger partial charge in [-0.25, -0.2) is 0 Å². The minimum absolute atomic E-state index is 0.147. The van der Waals surface area contributed by atoms with Crippen molar-refractivity contribution in [3.63, 3.8) is 0 Å². The SMILES string of the molecule is CCc1ccc(C(O)C2CCOc3ccccc32)s1. The lowest BCUT2D eigenvalue weighted by atomic mass is 9.87. The molecule has 3 heteroatoms. The molecule has 0 aliphatic carbocycles. The maximum absolute atomic E-state index is 10.7. The van der Waals surface area contributed by atoms with Gasteiger partial charge in [0.25, 0.3) is 0 Å². The molecule has 1 aromatic carbocycles. The highest BCUT2D eigenvalue weighted by Crippen LogP contribution is 2.42. The largest absolute Gasteiger partial charge is 0.493 e. The summed E-state index contributed by atoms with van der Waals surface area (Å²) in [5.74, 6) is 1.07. The Labute approximate surface area is 117 Å². The van der Waals surface area contributed by atoms with Crippen LogP contribution in [0, 0.1) is 0 Å². The van der Waals surface area contributed by atoms with Crippen molar-refractivity contribution in [3.05, 3.63) is 51.7 Å². The Morgan fingerprint density at radius 2 is 2.16 bits per heavy atom. The first-order valence-corrected chi connectivity index (χ1v) is 7.59. The molecule has 2 unspecified atom stereocenters. The van der Waals surface area contributed by atoms with E-state index in [0.717, 1.165) is 29.0 Å². The molecule has 100 valence electrons. The van der Waals surface area contributed by atoms with E-state index in [9.17, 15) is 5.11 Å². The van der Waals surface area contributed by atoms with Gasteiger partial charge in [0.15, 0.2) is 0 Å². The lowest BCUT2D eigenvalue weighted by Crippen LogP contribution is -2.19. The van der Waals surface area contributed by atoms with E-state index in [4.69, 9.17) is 4.74 Å². The highest BCUT2D eigenvalue weighted by molar-refractivity contribution is 7.12. The van der Waals surface area contributed by atoms with Crippen LogP contribution in [0.15, 0.2) is 36.4 Å². The third-order valence-electron chi connectivity index (χ3n) is 3.71. The zero-order valence-electron chi connectivity index (χ0n) is 11.0. The summed E-state index contributed by atoms with van der Waals surface area (Å²) >= 11 is 1.72. The fourth-order valence-electron chi connectivity index (χ4n) is 2.64. The zero-order valence-corrected chi connectivity index (χ0v) is 11.8. The number of ether oxygens (including phenoxy) is 1. The number of hydrogen-bond donors (Lipinski definition) is 1. The number of aliphatic hydroxyl groups is 1. The Balaban J connectivity index is 1.90. The smallest absolute Gasteiger partial charge is 0.122 e. The van der Waals surface area contributed by atoms with E-state index < -0.39 is 6.10 Å². The van der Waals surface area contributed by atoms with E-state index in [1.54, 1.807) is 11.3 Å². The molecule has 1 aromatic heterocycles. The van der Waals surface area contributed by atoms with Gasteiger partial charge in [-0.1, -0.05) is 25.1 Å². The maximum Gasteiger partial charge on any atom is 0.122 e. The normalized spacial score (nSPS) is 19.6. The highest BCUT2D eigenvalue weighted by atomic mass is 32.1. The van der Waals surface area contributed by atoms with Crippen LogP contribution < -0.4 is 4.74 Å². The molecule has 3 rings (SSSR count). The lowest BCUT2D eigenvalue weighted by Gasteiger charge is -2.29. The van der Waals surface area contributed by atoms with Crippen molar-refractivity contribution >= 4 is 11.3 Å². The van der Waals surface area contributed by atoms with Crippen LogP contribution in [0.2, 0.25) is 0 Å². The van der Waals surface area contributed by atoms with E-state index in [1.807, 2.05) is 18.2 Å². The number of aliphatic hydroxyl groups excluding tert-OH is 1. The summed E-state index contributed by atoms with van der Waals surface area (Å²) in [7, 11) is 0. The van der Waals surface area contributed by atoms with E-state index in [2.05, 4.69) is 25.1 Å². The number of rotatable bonds is 3. The molecule has 2 atom stereocenters. The van der Waals surface area contributed by atoms with Gasteiger partial charge in [-0.05, 0) is 31.0 Å². The number of aryl methyl sites for hydroxylation is 1. The molecule has 0 saturated heterocycles. The number of fused-ring (bicyclic) bond motifs is 1. The second-order valence-electron chi connectivity index (χ2n) is 4.88. The summed E-state index contributed by atoms with van der Waals surface area (Å²) in [6.45, 7) is 2.83. The van der Waals surface area contributed by atoms with Crippen molar-refractivity contribution in [3.8, 4) is 5.75 Å². The third kappa shape index (κ3) is 2.40. The molecule has 2 nitrogen and oxygen atoms in total. The van der Waals surface area contributed by atoms with Crippen molar-refractivity contribution in [2.24, 2.45) is 0 Å². The first-order valence-electron chi connectivity index (χ1n) is 6.78. The minimum atomic E-state index is -0.421. The molecular formula is C16H18O2S. The van der Waals surface area contributed by atoms with E-state index >= 15 is 0 Å². The second kappa shape index (κ2) is 5.35. The Morgan fingerprint density at radius 3 is 2.95 bits per heavy atom. The van der Waals surface area contributed by atoms with Crippen LogP contribution in [-0.2, 0) is 6.42 Å². The third-order valence-corrected chi connectivity index (χ3v) is 5.01. The number of thiophene rings is 1. The van der Waals surface area contributed by atoms with E-state index in [1.165, 1.54) is 4.88 Å². The summed E-state index contributed by atoms with van der Waals surface area (Å²) in [5.41, 5.74) is 1.13. The Bertz CT molecular complexity index is 561. The van der Waals surface area contributed by atoms with Gasteiger partial charge in [-0.2, -0.15) is 0 Å². The van der Waals surface area contributed by atoms with Gasteiger partial charge >= 0.3 is 0 Å². The maximum atomic E-state index is 10.7. The van der Waals surface area contributed by atoms with Crippen LogP contribution in [0.1, 0.15) is 40.7 Å². The first kappa shape index (κ1) is 12.7. The van der Waals surface area contributed by atoms with Gasteiger partial charge in [-0.3, -0.25) is 0 Å². The Kier molecular flexibility index (Phi) is 3.58. The summed E-state index contributed by atoms with van der Waals surface area (Å²) in [6, 6.07) is 12.2. The number of benzene rings is 1. The Hall–Kier alpha value is -1.32. The molecule has 0 bridgehead atoms. The van der Waals surface area contributed by atoms with Crippen LogP contribution in [0.3, 0.4) is 0 Å². The molecule has 1 aliphatic heterocycles. The summed E-state index contributed by atoms with van der Waals surface area (Å²) < 4.78 is 5.66. The molecule has 2 heterocycles. The second-order valence-corrected chi connectivity index (χ2v) is 6.08. The first-order chi connectivity index (χ1) is 9.29. The molecule has 1 aliphatic rings. The van der Waals surface area contributed by atoms with Gasteiger partial charge in [0.2, 0.25) is 0 Å². The van der Waals surface area contributed by atoms with Gasteiger partial charge in [-0.15, -0.1) is 11.3 Å². The standard InChI is InChI=1S/C16H18O2S/c1-2-11-7-8-15(19-11)16(17)13-9-10-18-14-6-4-3-5-12(13)14/h3-8,13,16-17H,2,9-10H2,1H3. The van der Waals surface area contributed by atoms with Crippen molar-refractivity contribution in [2.75, 3.05) is 6.61 Å². The van der Waals surface area contributed by atoms with Crippen LogP contribution in [0.4, 0.5) is 0 Å². The summed E-state index contributed by atoms with van der Waals surface area (Å²) in [5, 5.41) is 10.7. The summed E-state index contributed by atoms with van der Waals surface area (Å²) in [6.07, 6.45) is 1.48. The summed E-state index contributed by atoms with van der Waals surface area (Å²) in [4.78, 5) is 2.40. The topological polar surface area (TPSA) is 29.5 Å². The van der Waals surface area contributed by atoms with Crippen LogP contribution in [0.25, 0.3) is 0 Å². The molecule has 0 fully saturated rings. The molecule has 0 amide bonds. The van der Waals surface area contributed by atoms with Gasteiger partial charge in [0.1, 0.15) is 5.75 Å². The Morgan fingerprint density at radius 1 is 1.32 bits per heavy atom. The van der Waals surface area contributed by atoms with E-state index in [0.29, 0.717) is 6.61 Å². The fourth-order valence-corrected chi connectivity index (χ4v) is 3.64. The van der Waals surface area contributed by atoms with Gasteiger partial charge < -0.3 is 9.84 Å². The van der Waals surface area contributed by atoms with Crippen molar-refractivity contribution < 1.29 is 9.84 Å². The average molecular weight is 274 g/mol.